The van der Waals surface area contributed by atoms with Crippen molar-refractivity contribution in [3.63, 3.8) is 0 Å². The van der Waals surface area contributed by atoms with E-state index in [1.807, 2.05) is 12.1 Å². The Morgan fingerprint density at radius 1 is 1.20 bits per heavy atom. The summed E-state index contributed by atoms with van der Waals surface area (Å²) in [5.41, 5.74) is 1.45. The van der Waals surface area contributed by atoms with Gasteiger partial charge >= 0.3 is 0 Å². The summed E-state index contributed by atoms with van der Waals surface area (Å²) < 4.78 is 7.40. The van der Waals surface area contributed by atoms with E-state index >= 15 is 0 Å². The lowest BCUT2D eigenvalue weighted by Crippen LogP contribution is -2.10. The van der Waals surface area contributed by atoms with Crippen molar-refractivity contribution in [1.29, 1.82) is 0 Å². The van der Waals surface area contributed by atoms with Gasteiger partial charge in [0.15, 0.2) is 5.01 Å². The summed E-state index contributed by atoms with van der Waals surface area (Å²) in [6.07, 6.45) is 1.59. The van der Waals surface area contributed by atoms with E-state index in [9.17, 15) is 0 Å². The van der Waals surface area contributed by atoms with Gasteiger partial charge in [-0.3, -0.25) is 0 Å². The second-order valence-electron chi connectivity index (χ2n) is 5.62. The highest BCUT2D eigenvalue weighted by molar-refractivity contribution is 7.16. The van der Waals surface area contributed by atoms with Gasteiger partial charge in [0.25, 0.3) is 0 Å². The van der Waals surface area contributed by atoms with Crippen LogP contribution in [0, 0.1) is 0 Å². The Morgan fingerprint density at radius 2 is 1.95 bits per heavy atom. The van der Waals surface area contributed by atoms with Gasteiger partial charge in [-0.15, -0.1) is 10.2 Å². The third kappa shape index (κ3) is 2.65. The zero-order valence-corrected chi connectivity index (χ0v) is 12.5. The highest BCUT2D eigenvalue weighted by Crippen LogP contribution is 2.24. The Labute approximate surface area is 121 Å². The van der Waals surface area contributed by atoms with Crippen LogP contribution in [0.15, 0.2) is 30.6 Å². The van der Waals surface area contributed by atoms with Crippen LogP contribution in [-0.2, 0) is 12.0 Å². The number of aromatic nitrogens is 4. The molecule has 0 spiro atoms. The molecule has 0 unspecified atom stereocenters. The van der Waals surface area contributed by atoms with Crippen molar-refractivity contribution in [3.8, 4) is 5.75 Å². The number of hydrogen-bond acceptors (Lipinski definition) is 5. The molecule has 0 amide bonds. The zero-order valence-electron chi connectivity index (χ0n) is 11.7. The maximum atomic E-state index is 5.75. The summed E-state index contributed by atoms with van der Waals surface area (Å²) in [6, 6.07) is 8.21. The molecular formula is C14H16N4OS. The molecule has 104 valence electrons. The van der Waals surface area contributed by atoms with Crippen molar-refractivity contribution < 1.29 is 4.74 Å². The van der Waals surface area contributed by atoms with Crippen LogP contribution < -0.4 is 4.74 Å². The van der Waals surface area contributed by atoms with Gasteiger partial charge in [-0.2, -0.15) is 9.61 Å². The Bertz CT molecular complexity index is 680. The van der Waals surface area contributed by atoms with Crippen LogP contribution in [0.2, 0.25) is 0 Å². The number of rotatable bonds is 3. The van der Waals surface area contributed by atoms with Gasteiger partial charge in [-0.05, 0) is 23.1 Å². The van der Waals surface area contributed by atoms with Gasteiger partial charge in [0.2, 0.25) is 4.96 Å². The first-order chi connectivity index (χ1) is 9.52. The van der Waals surface area contributed by atoms with Gasteiger partial charge in [0.1, 0.15) is 18.7 Å². The number of ether oxygens (including phenoxy) is 1. The number of fused-ring (bicyclic) bond motifs is 1. The van der Waals surface area contributed by atoms with E-state index in [0.29, 0.717) is 6.61 Å². The van der Waals surface area contributed by atoms with Crippen molar-refractivity contribution >= 4 is 16.3 Å². The van der Waals surface area contributed by atoms with E-state index in [4.69, 9.17) is 4.74 Å². The fourth-order valence-electron chi connectivity index (χ4n) is 1.86. The molecule has 0 saturated carbocycles. The molecule has 0 aliphatic rings. The fourth-order valence-corrected chi connectivity index (χ4v) is 2.58. The third-order valence-electron chi connectivity index (χ3n) is 3.01. The predicted molar refractivity (Wildman–Crippen MR) is 78.1 cm³/mol. The number of hydrogen-bond donors (Lipinski definition) is 0. The molecule has 20 heavy (non-hydrogen) atoms. The van der Waals surface area contributed by atoms with Gasteiger partial charge in [0.05, 0.1) is 0 Å². The lowest BCUT2D eigenvalue weighted by atomic mass is 9.87. The number of benzene rings is 1. The first-order valence-electron chi connectivity index (χ1n) is 6.41. The standard InChI is InChI=1S/C14H16N4OS/c1-14(2,3)10-4-6-11(7-5-10)19-8-12-17-18-9-15-16-13(18)20-12/h4-7,9H,8H2,1-3H3. The largest absolute Gasteiger partial charge is 0.486 e. The summed E-state index contributed by atoms with van der Waals surface area (Å²) in [5.74, 6) is 0.851. The van der Waals surface area contributed by atoms with E-state index in [2.05, 4.69) is 48.2 Å². The molecular weight excluding hydrogens is 272 g/mol. The summed E-state index contributed by atoms with van der Waals surface area (Å²) in [5, 5.41) is 12.9. The van der Waals surface area contributed by atoms with Crippen LogP contribution in [0.1, 0.15) is 31.3 Å². The van der Waals surface area contributed by atoms with Crippen LogP contribution in [0.4, 0.5) is 0 Å². The van der Waals surface area contributed by atoms with Gasteiger partial charge in [-0.25, -0.2) is 0 Å². The normalized spacial score (nSPS) is 11.9. The maximum absolute atomic E-state index is 5.75. The molecule has 3 aromatic rings. The SMILES string of the molecule is CC(C)(C)c1ccc(OCc2nn3cnnc3s2)cc1. The predicted octanol–water partition coefficient (Wildman–Crippen LogP) is 3.06. The first kappa shape index (κ1) is 13.1. The van der Waals surface area contributed by atoms with Crippen molar-refractivity contribution in [2.24, 2.45) is 0 Å². The average Bonchev–Trinajstić information content (AvgIpc) is 2.96. The molecule has 0 aliphatic carbocycles. The summed E-state index contributed by atoms with van der Waals surface area (Å²) in [6.45, 7) is 7.04. The molecule has 3 rings (SSSR count). The summed E-state index contributed by atoms with van der Waals surface area (Å²) in [4.78, 5) is 0.784. The average molecular weight is 288 g/mol. The van der Waals surface area contributed by atoms with Crippen molar-refractivity contribution in [2.45, 2.75) is 32.8 Å². The minimum atomic E-state index is 0.159. The minimum absolute atomic E-state index is 0.159. The third-order valence-corrected chi connectivity index (χ3v) is 3.90. The molecule has 2 heterocycles. The lowest BCUT2D eigenvalue weighted by molar-refractivity contribution is 0.304. The van der Waals surface area contributed by atoms with Crippen LogP contribution >= 0.6 is 11.3 Å². The Hall–Kier alpha value is -1.95. The Kier molecular flexibility index (Phi) is 3.17. The first-order valence-corrected chi connectivity index (χ1v) is 7.23. The highest BCUT2D eigenvalue weighted by atomic mass is 32.1. The van der Waals surface area contributed by atoms with E-state index in [0.717, 1.165) is 15.7 Å². The van der Waals surface area contributed by atoms with Gasteiger partial charge in [0, 0.05) is 0 Å². The fraction of sp³-hybridized carbons (Fsp3) is 0.357. The smallest absolute Gasteiger partial charge is 0.234 e. The Morgan fingerprint density at radius 3 is 2.60 bits per heavy atom. The quantitative estimate of drug-likeness (QED) is 0.743. The second kappa shape index (κ2) is 4.86. The van der Waals surface area contributed by atoms with E-state index in [1.54, 1.807) is 10.8 Å². The maximum Gasteiger partial charge on any atom is 0.234 e. The second-order valence-corrected chi connectivity index (χ2v) is 6.66. The zero-order chi connectivity index (χ0) is 14.2. The Balaban J connectivity index is 1.67. The molecule has 0 aliphatic heterocycles. The van der Waals surface area contributed by atoms with Crippen LogP contribution in [0.3, 0.4) is 0 Å². The molecule has 2 aromatic heterocycles. The molecule has 0 fully saturated rings. The molecule has 0 N–H and O–H groups in total. The number of nitrogens with zero attached hydrogens (tertiary/aromatic N) is 4. The van der Waals surface area contributed by atoms with Crippen molar-refractivity contribution in [3.05, 3.63) is 41.2 Å². The van der Waals surface area contributed by atoms with Crippen molar-refractivity contribution in [2.75, 3.05) is 0 Å². The molecule has 0 radical (unpaired) electrons. The van der Waals surface area contributed by atoms with Crippen LogP contribution in [-0.4, -0.2) is 19.8 Å². The summed E-state index contributed by atoms with van der Waals surface area (Å²) in [7, 11) is 0. The minimum Gasteiger partial charge on any atom is -0.486 e. The molecule has 0 bridgehead atoms. The molecule has 0 saturated heterocycles. The van der Waals surface area contributed by atoms with Gasteiger partial charge in [-0.1, -0.05) is 44.2 Å². The van der Waals surface area contributed by atoms with E-state index in [1.165, 1.54) is 16.9 Å². The monoisotopic (exact) mass is 288 g/mol. The lowest BCUT2D eigenvalue weighted by Gasteiger charge is -2.19. The topological polar surface area (TPSA) is 52.3 Å². The summed E-state index contributed by atoms with van der Waals surface area (Å²) >= 11 is 1.48. The van der Waals surface area contributed by atoms with Crippen LogP contribution in [0.5, 0.6) is 5.75 Å². The van der Waals surface area contributed by atoms with Crippen LogP contribution in [0.25, 0.3) is 4.96 Å². The molecule has 1 aromatic carbocycles. The van der Waals surface area contributed by atoms with Gasteiger partial charge < -0.3 is 4.74 Å². The van der Waals surface area contributed by atoms with E-state index < -0.39 is 0 Å². The molecule has 6 heteroatoms. The molecule has 5 nitrogen and oxygen atoms in total. The van der Waals surface area contributed by atoms with Crippen molar-refractivity contribution in [1.82, 2.24) is 19.8 Å². The highest BCUT2D eigenvalue weighted by Gasteiger charge is 2.13. The van der Waals surface area contributed by atoms with E-state index in [-0.39, 0.29) is 5.41 Å². The molecule has 0 atom stereocenters.